The summed E-state index contributed by atoms with van der Waals surface area (Å²) in [6.45, 7) is 6.00. The normalized spacial score (nSPS) is 16.5. The molecule has 0 spiro atoms. The standard InChI is InChI=1S/C52H68Cl4N6O13S2/c1-61-32-44(42-27-38(53)29-48(55)46(42)34-61)36-3-7-40(8-4-36)76(66,67)59-13-17-72-21-25-74-23-19-70-15-11-57-51(64)31-50(63)52(65)58-12-16-71-20-24-75-26-22-73-18-14-60-77(68,69)41-9-5-37(6-10-41)45-33-62(2)35-47-43(45)28-39(54)30-49(47)56/h3-10,27-30,44-45,50,59-60,63H,11-26,31-35H2,1-2H3,(H,57,64)(H,58,65). The molecule has 19 nitrogen and oxygen atoms in total. The van der Waals surface area contributed by atoms with E-state index in [1.54, 1.807) is 36.4 Å². The predicted molar refractivity (Wildman–Crippen MR) is 294 cm³/mol. The van der Waals surface area contributed by atoms with Gasteiger partial charge in [-0.1, -0.05) is 70.7 Å². The molecule has 0 aliphatic carbocycles. The second-order valence-electron chi connectivity index (χ2n) is 18.4. The van der Waals surface area contributed by atoms with Crippen molar-refractivity contribution in [2.45, 2.75) is 47.2 Å². The molecule has 3 unspecified atom stereocenters. The number of hydrogen-bond donors (Lipinski definition) is 5. The van der Waals surface area contributed by atoms with Gasteiger partial charge < -0.3 is 54.0 Å². The fourth-order valence-electron chi connectivity index (χ4n) is 8.73. The summed E-state index contributed by atoms with van der Waals surface area (Å²) in [6.07, 6.45) is -1.97. The Hall–Kier alpha value is -3.56. The lowest BCUT2D eigenvalue weighted by Crippen LogP contribution is -2.40. The largest absolute Gasteiger partial charge is 0.383 e. The Labute approximate surface area is 471 Å². The Bertz CT molecular complexity index is 2770. The molecule has 0 bridgehead atoms. The highest BCUT2D eigenvalue weighted by molar-refractivity contribution is 7.89. The molecule has 0 saturated heterocycles. The summed E-state index contributed by atoms with van der Waals surface area (Å²) < 4.78 is 89.6. The van der Waals surface area contributed by atoms with Crippen molar-refractivity contribution >= 4 is 78.3 Å². The molecule has 4 aromatic carbocycles. The number of hydrogen-bond acceptors (Lipinski definition) is 15. The van der Waals surface area contributed by atoms with E-state index in [9.17, 15) is 31.5 Å². The van der Waals surface area contributed by atoms with Gasteiger partial charge in [-0.25, -0.2) is 26.3 Å². The maximum atomic E-state index is 12.9. The molecule has 0 fully saturated rings. The summed E-state index contributed by atoms with van der Waals surface area (Å²) in [5.74, 6) is -1.25. The molecule has 0 radical (unpaired) electrons. The third-order valence-electron chi connectivity index (χ3n) is 12.5. The highest BCUT2D eigenvalue weighted by atomic mass is 35.5. The number of nitrogens with one attached hydrogen (secondary N) is 4. The van der Waals surface area contributed by atoms with E-state index < -0.39 is 44.4 Å². The van der Waals surface area contributed by atoms with Crippen molar-refractivity contribution in [3.05, 3.63) is 126 Å². The first-order valence-electron chi connectivity index (χ1n) is 25.1. The molecule has 2 amide bonds. The zero-order valence-corrected chi connectivity index (χ0v) is 47.7. The van der Waals surface area contributed by atoms with Crippen LogP contribution in [0, 0.1) is 0 Å². The number of aliphatic hydroxyl groups excluding tert-OH is 1. The SMILES string of the molecule is CN1Cc2c(Cl)cc(Cl)cc2C(c2ccc(S(=O)(=O)NCCOCCOCCOCCNC(=O)CC(O)C(=O)NCCOCCOCCOCCNS(=O)(=O)c3ccc(C4CN(C)Cc5c(Cl)cc(Cl)cc54)cc3)cc2)C1. The van der Waals surface area contributed by atoms with Crippen molar-refractivity contribution in [3.63, 3.8) is 0 Å². The molecular formula is C52H68Cl4N6O13S2. The Morgan fingerprint density at radius 1 is 0.545 bits per heavy atom. The summed E-state index contributed by atoms with van der Waals surface area (Å²) in [5, 5.41) is 17.6. The summed E-state index contributed by atoms with van der Waals surface area (Å²) in [4.78, 5) is 29.0. The molecule has 424 valence electrons. The molecule has 77 heavy (non-hydrogen) atoms. The van der Waals surface area contributed by atoms with Gasteiger partial charge in [0.1, 0.15) is 6.10 Å². The highest BCUT2D eigenvalue weighted by Crippen LogP contribution is 2.40. The van der Waals surface area contributed by atoms with Gasteiger partial charge in [-0.2, -0.15) is 0 Å². The number of ether oxygens (including phenoxy) is 6. The molecule has 0 aromatic heterocycles. The van der Waals surface area contributed by atoms with Gasteiger partial charge in [0.25, 0.3) is 0 Å². The van der Waals surface area contributed by atoms with E-state index >= 15 is 0 Å². The Morgan fingerprint density at radius 2 is 0.896 bits per heavy atom. The molecular weight excluding hydrogens is 1120 g/mol. The Morgan fingerprint density at radius 3 is 1.29 bits per heavy atom. The molecule has 0 saturated carbocycles. The van der Waals surface area contributed by atoms with Gasteiger partial charge in [-0.3, -0.25) is 9.59 Å². The number of aliphatic hydroxyl groups is 1. The van der Waals surface area contributed by atoms with Crippen LogP contribution in [-0.4, -0.2) is 182 Å². The Balaban J connectivity index is 0.693. The van der Waals surface area contributed by atoms with E-state index in [2.05, 4.69) is 29.9 Å². The van der Waals surface area contributed by atoms with E-state index in [0.717, 1.165) is 46.5 Å². The van der Waals surface area contributed by atoms with E-state index in [4.69, 9.17) is 74.8 Å². The first-order chi connectivity index (χ1) is 36.9. The van der Waals surface area contributed by atoms with Crippen molar-refractivity contribution in [2.24, 2.45) is 0 Å². The smallest absolute Gasteiger partial charge is 0.249 e. The van der Waals surface area contributed by atoms with Crippen LogP contribution in [0.3, 0.4) is 0 Å². The molecule has 2 aliphatic heterocycles. The number of carbonyl (C=O) groups excluding carboxylic acids is 2. The lowest BCUT2D eigenvalue weighted by Gasteiger charge is -2.33. The van der Waals surface area contributed by atoms with Gasteiger partial charge in [0.2, 0.25) is 31.9 Å². The summed E-state index contributed by atoms with van der Waals surface area (Å²) in [7, 11) is -3.48. The van der Waals surface area contributed by atoms with Crippen LogP contribution in [0.25, 0.3) is 0 Å². The summed E-state index contributed by atoms with van der Waals surface area (Å²) >= 11 is 25.6. The van der Waals surface area contributed by atoms with Crippen LogP contribution < -0.4 is 20.1 Å². The van der Waals surface area contributed by atoms with Crippen LogP contribution in [-0.2, 0) is 71.1 Å². The lowest BCUT2D eigenvalue weighted by atomic mass is 9.85. The number of sulfonamides is 2. The third-order valence-corrected chi connectivity index (χ3v) is 16.6. The van der Waals surface area contributed by atoms with Gasteiger partial charge in [0.15, 0.2) is 0 Å². The highest BCUT2D eigenvalue weighted by Gasteiger charge is 2.29. The third kappa shape index (κ3) is 19.9. The minimum atomic E-state index is -3.76. The van der Waals surface area contributed by atoms with Gasteiger partial charge in [0.05, 0.1) is 95.5 Å². The molecule has 6 rings (SSSR count). The van der Waals surface area contributed by atoms with Crippen molar-refractivity contribution in [2.75, 3.05) is 133 Å². The number of nitrogens with zero attached hydrogens (tertiary/aromatic N) is 2. The van der Waals surface area contributed by atoms with Crippen LogP contribution >= 0.6 is 46.4 Å². The quantitative estimate of drug-likeness (QED) is 0.0404. The topological polar surface area (TPSA) is 233 Å². The minimum absolute atomic E-state index is 0.00691. The van der Waals surface area contributed by atoms with E-state index in [1.807, 2.05) is 50.5 Å². The van der Waals surface area contributed by atoms with Crippen LogP contribution in [0.5, 0.6) is 0 Å². The second-order valence-corrected chi connectivity index (χ2v) is 23.6. The van der Waals surface area contributed by atoms with Gasteiger partial charge in [-0.05, 0) is 96.0 Å². The average molecular weight is 1190 g/mol. The molecule has 2 aliphatic rings. The van der Waals surface area contributed by atoms with Crippen LogP contribution in [0.1, 0.15) is 51.6 Å². The Kier molecular flexibility index (Phi) is 25.6. The average Bonchev–Trinajstić information content (AvgIpc) is 3.41. The summed E-state index contributed by atoms with van der Waals surface area (Å²) in [6, 6.07) is 21.0. The minimum Gasteiger partial charge on any atom is -0.383 e. The predicted octanol–water partition coefficient (Wildman–Crippen LogP) is 4.79. The fraction of sp³-hybridized carbons (Fsp3) is 0.500. The fourth-order valence-corrected chi connectivity index (χ4v) is 11.9. The zero-order valence-electron chi connectivity index (χ0n) is 43.1. The molecule has 5 N–H and O–H groups in total. The first-order valence-corrected chi connectivity index (χ1v) is 29.6. The van der Waals surface area contributed by atoms with Crippen molar-refractivity contribution in [1.29, 1.82) is 0 Å². The monoisotopic (exact) mass is 1190 g/mol. The number of fused-ring (bicyclic) bond motifs is 2. The van der Waals surface area contributed by atoms with E-state index in [-0.39, 0.29) is 127 Å². The van der Waals surface area contributed by atoms with Crippen LogP contribution in [0.2, 0.25) is 20.1 Å². The van der Waals surface area contributed by atoms with E-state index in [0.29, 0.717) is 33.2 Å². The van der Waals surface area contributed by atoms with Crippen molar-refractivity contribution in [3.8, 4) is 0 Å². The summed E-state index contributed by atoms with van der Waals surface area (Å²) in [5.41, 5.74) is 6.04. The number of rotatable bonds is 33. The maximum Gasteiger partial charge on any atom is 0.249 e. The molecule has 4 aromatic rings. The van der Waals surface area contributed by atoms with Crippen LogP contribution in [0.4, 0.5) is 0 Å². The number of likely N-dealkylation sites (N-methyl/N-ethyl adjacent to an activating group) is 2. The number of halogens is 4. The molecule has 2 heterocycles. The van der Waals surface area contributed by atoms with Gasteiger partial charge in [0, 0.05) is 84.3 Å². The maximum absolute atomic E-state index is 12.9. The molecule has 25 heteroatoms. The van der Waals surface area contributed by atoms with E-state index in [1.165, 1.54) is 0 Å². The van der Waals surface area contributed by atoms with Gasteiger partial charge >= 0.3 is 0 Å². The number of benzene rings is 4. The van der Waals surface area contributed by atoms with Crippen molar-refractivity contribution < 1.29 is 60.0 Å². The molecule has 3 atom stereocenters. The van der Waals surface area contributed by atoms with Crippen LogP contribution in [0.15, 0.2) is 82.6 Å². The van der Waals surface area contributed by atoms with Crippen molar-refractivity contribution in [1.82, 2.24) is 29.9 Å². The zero-order chi connectivity index (χ0) is 55.4. The first kappa shape index (κ1) is 62.6. The second kappa shape index (κ2) is 31.4. The number of amides is 2. The van der Waals surface area contributed by atoms with Gasteiger partial charge in [-0.15, -0.1) is 0 Å². The number of carbonyl (C=O) groups is 2. The lowest BCUT2D eigenvalue weighted by molar-refractivity contribution is -0.134.